The fraction of sp³-hybridized carbons (Fsp3) is 0.500. The normalized spacial score (nSPS) is 21.2. The molecule has 0 bridgehead atoms. The number of hydrogen-bond acceptors (Lipinski definition) is 4. The van der Waals surface area contributed by atoms with Crippen LogP contribution < -0.4 is 5.43 Å². The van der Waals surface area contributed by atoms with Crippen molar-refractivity contribution in [3.63, 3.8) is 0 Å². The Bertz CT molecular complexity index is 1070. The van der Waals surface area contributed by atoms with Gasteiger partial charge >= 0.3 is 5.97 Å². The zero-order valence-corrected chi connectivity index (χ0v) is 18.9. The molecular formula is C24H28ClNO5. The van der Waals surface area contributed by atoms with E-state index in [0.717, 1.165) is 49.0 Å². The summed E-state index contributed by atoms with van der Waals surface area (Å²) < 4.78 is 13.2. The Labute approximate surface area is 186 Å². The standard InChI is InChI=1S/C24H28ClNO5/c1-24(2)22-15(7-9-31-24)16-10-14(6-4-5-8-30-3)19(25)11-17(16)20-12-21(27)18(23(28)29)13-26(20)22/h10-13,15,22H,4-9H2,1-3H3,(H,28,29)/t15-,22+/m1/s1. The maximum atomic E-state index is 12.5. The third-order valence-electron chi connectivity index (χ3n) is 6.54. The van der Waals surface area contributed by atoms with E-state index in [-0.39, 0.29) is 17.5 Å². The van der Waals surface area contributed by atoms with Gasteiger partial charge in [0.1, 0.15) is 5.56 Å². The van der Waals surface area contributed by atoms with E-state index >= 15 is 0 Å². The molecule has 0 aliphatic carbocycles. The van der Waals surface area contributed by atoms with Crippen LogP contribution in [0.2, 0.25) is 5.02 Å². The number of benzene rings is 1. The van der Waals surface area contributed by atoms with Crippen LogP contribution in [0, 0.1) is 0 Å². The van der Waals surface area contributed by atoms with Crippen molar-refractivity contribution in [2.24, 2.45) is 0 Å². The third kappa shape index (κ3) is 3.93. The topological polar surface area (TPSA) is 77.8 Å². The molecule has 0 amide bonds. The number of fused-ring (bicyclic) bond motifs is 6. The predicted molar refractivity (Wildman–Crippen MR) is 119 cm³/mol. The molecule has 2 aromatic rings. The highest BCUT2D eigenvalue weighted by Gasteiger charge is 2.46. The molecule has 0 radical (unpaired) electrons. The summed E-state index contributed by atoms with van der Waals surface area (Å²) in [4.78, 5) is 24.2. The number of aromatic carboxylic acids is 1. The number of methoxy groups -OCH3 is 1. The van der Waals surface area contributed by atoms with E-state index in [1.54, 1.807) is 7.11 Å². The lowest BCUT2D eigenvalue weighted by Crippen LogP contribution is -2.47. The Kier molecular flexibility index (Phi) is 5.99. The summed E-state index contributed by atoms with van der Waals surface area (Å²) in [5.74, 6) is -1.08. The molecule has 31 heavy (non-hydrogen) atoms. The number of halogens is 1. The quantitative estimate of drug-likeness (QED) is 0.653. The van der Waals surface area contributed by atoms with Gasteiger partial charge in [0.25, 0.3) is 0 Å². The monoisotopic (exact) mass is 445 g/mol. The van der Waals surface area contributed by atoms with Gasteiger partial charge in [0.2, 0.25) is 0 Å². The van der Waals surface area contributed by atoms with Gasteiger partial charge in [-0.15, -0.1) is 0 Å². The highest BCUT2D eigenvalue weighted by atomic mass is 35.5. The summed E-state index contributed by atoms with van der Waals surface area (Å²) in [7, 11) is 1.70. The van der Waals surface area contributed by atoms with Crippen LogP contribution in [0.1, 0.15) is 66.6 Å². The second kappa shape index (κ2) is 8.41. The Balaban J connectivity index is 1.88. The minimum absolute atomic E-state index is 0.120. The molecule has 1 saturated heterocycles. The van der Waals surface area contributed by atoms with E-state index in [2.05, 4.69) is 6.07 Å². The Morgan fingerprint density at radius 1 is 1.32 bits per heavy atom. The van der Waals surface area contributed by atoms with Crippen molar-refractivity contribution in [3.8, 4) is 11.3 Å². The number of carbonyl (C=O) groups is 1. The number of ether oxygens (including phenoxy) is 2. The molecule has 3 heterocycles. The summed E-state index contributed by atoms with van der Waals surface area (Å²) in [5, 5.41) is 10.2. The number of rotatable bonds is 6. The van der Waals surface area contributed by atoms with Crippen LogP contribution in [0.25, 0.3) is 11.3 Å². The van der Waals surface area contributed by atoms with Gasteiger partial charge in [0.15, 0.2) is 5.43 Å². The highest BCUT2D eigenvalue weighted by Crippen LogP contribution is 2.52. The van der Waals surface area contributed by atoms with Gasteiger partial charge in [-0.1, -0.05) is 17.7 Å². The summed E-state index contributed by atoms with van der Waals surface area (Å²) in [6.07, 6.45) is 5.10. The lowest BCUT2D eigenvalue weighted by atomic mass is 9.73. The third-order valence-corrected chi connectivity index (χ3v) is 6.90. The first-order chi connectivity index (χ1) is 14.7. The van der Waals surface area contributed by atoms with Crippen LogP contribution >= 0.6 is 11.6 Å². The fourth-order valence-electron chi connectivity index (χ4n) is 5.11. The molecule has 2 aliphatic rings. The van der Waals surface area contributed by atoms with Gasteiger partial charge < -0.3 is 19.1 Å². The average molecular weight is 446 g/mol. The van der Waals surface area contributed by atoms with Crippen LogP contribution in [-0.2, 0) is 15.9 Å². The molecule has 0 unspecified atom stereocenters. The van der Waals surface area contributed by atoms with E-state index < -0.39 is 17.0 Å². The maximum Gasteiger partial charge on any atom is 0.341 e. The second-order valence-corrected chi connectivity index (χ2v) is 9.33. The zero-order valence-electron chi connectivity index (χ0n) is 18.1. The SMILES string of the molecule is COCCCCc1cc2c(cc1Cl)-c1cc(=O)c(C(=O)O)cn1[C@H]1[C@@H]2CCOC1(C)C. The highest BCUT2D eigenvalue weighted by molar-refractivity contribution is 6.31. The molecule has 6 nitrogen and oxygen atoms in total. The first-order valence-corrected chi connectivity index (χ1v) is 11.1. The van der Waals surface area contributed by atoms with E-state index in [9.17, 15) is 14.7 Å². The molecule has 4 rings (SSSR count). The molecule has 1 N–H and O–H groups in total. The van der Waals surface area contributed by atoms with Crippen LogP contribution in [0.3, 0.4) is 0 Å². The zero-order chi connectivity index (χ0) is 22.3. The first-order valence-electron chi connectivity index (χ1n) is 10.7. The lowest BCUT2D eigenvalue weighted by molar-refractivity contribution is -0.0977. The average Bonchev–Trinajstić information content (AvgIpc) is 2.71. The Hall–Kier alpha value is -2.15. The largest absolute Gasteiger partial charge is 0.477 e. The van der Waals surface area contributed by atoms with Gasteiger partial charge in [-0.3, -0.25) is 4.79 Å². The Morgan fingerprint density at radius 3 is 2.81 bits per heavy atom. The maximum absolute atomic E-state index is 12.5. The van der Waals surface area contributed by atoms with Crippen molar-refractivity contribution in [3.05, 3.63) is 56.3 Å². The van der Waals surface area contributed by atoms with E-state index in [1.165, 1.54) is 12.3 Å². The number of aromatic nitrogens is 1. The number of carboxylic acid groups (broad SMARTS) is 1. The van der Waals surface area contributed by atoms with Crippen molar-refractivity contribution in [2.45, 2.75) is 57.1 Å². The molecule has 1 aromatic heterocycles. The molecule has 1 fully saturated rings. The molecule has 2 atom stereocenters. The van der Waals surface area contributed by atoms with Crippen LogP contribution in [0.5, 0.6) is 0 Å². The number of pyridine rings is 1. The summed E-state index contributed by atoms with van der Waals surface area (Å²) in [6, 6.07) is 5.43. The summed E-state index contributed by atoms with van der Waals surface area (Å²) in [6.45, 7) is 5.40. The van der Waals surface area contributed by atoms with Gasteiger partial charge in [-0.25, -0.2) is 4.79 Å². The van der Waals surface area contributed by atoms with Crippen LogP contribution in [0.15, 0.2) is 29.2 Å². The van der Waals surface area contributed by atoms with Gasteiger partial charge in [-0.05, 0) is 56.7 Å². The molecule has 0 saturated carbocycles. The summed E-state index contributed by atoms with van der Waals surface area (Å²) in [5.41, 5.74) is 2.60. The first kappa shape index (κ1) is 22.1. The second-order valence-electron chi connectivity index (χ2n) is 8.92. The van der Waals surface area contributed by atoms with Gasteiger partial charge in [0, 0.05) is 49.1 Å². The van der Waals surface area contributed by atoms with Crippen LogP contribution in [0.4, 0.5) is 0 Å². The predicted octanol–water partition coefficient (Wildman–Crippen LogP) is 4.67. The minimum Gasteiger partial charge on any atom is -0.477 e. The number of hydrogen-bond donors (Lipinski definition) is 1. The van der Waals surface area contributed by atoms with Crippen LogP contribution in [-0.4, -0.2) is 41.6 Å². The fourth-order valence-corrected chi connectivity index (χ4v) is 5.36. The Morgan fingerprint density at radius 2 is 2.10 bits per heavy atom. The molecule has 1 aromatic carbocycles. The van der Waals surface area contributed by atoms with Crippen molar-refractivity contribution in [1.29, 1.82) is 0 Å². The molecule has 0 spiro atoms. The number of aryl methyl sites for hydroxylation is 1. The van der Waals surface area contributed by atoms with E-state index in [0.29, 0.717) is 17.3 Å². The van der Waals surface area contributed by atoms with Gasteiger partial charge in [-0.2, -0.15) is 0 Å². The van der Waals surface area contributed by atoms with Crippen molar-refractivity contribution >= 4 is 17.6 Å². The van der Waals surface area contributed by atoms with Crippen molar-refractivity contribution in [2.75, 3.05) is 20.3 Å². The van der Waals surface area contributed by atoms with E-state index in [1.807, 2.05) is 24.5 Å². The minimum atomic E-state index is -1.22. The molecular weight excluding hydrogens is 418 g/mol. The molecule has 2 aliphatic heterocycles. The van der Waals surface area contributed by atoms with Crippen molar-refractivity contribution in [1.82, 2.24) is 4.57 Å². The molecule has 7 heteroatoms. The molecule has 166 valence electrons. The smallest absolute Gasteiger partial charge is 0.341 e. The van der Waals surface area contributed by atoms with Crippen molar-refractivity contribution < 1.29 is 19.4 Å². The number of nitrogens with zero attached hydrogens (tertiary/aromatic N) is 1. The number of carboxylic acids is 1. The lowest BCUT2D eigenvalue weighted by Gasteiger charge is -2.49. The number of unbranched alkanes of at least 4 members (excludes halogenated alkanes) is 1. The summed E-state index contributed by atoms with van der Waals surface area (Å²) >= 11 is 6.66. The van der Waals surface area contributed by atoms with E-state index in [4.69, 9.17) is 21.1 Å². The van der Waals surface area contributed by atoms with Gasteiger partial charge in [0.05, 0.1) is 17.3 Å².